The number of aliphatic hydroxyl groups excluding tert-OH is 2. The highest BCUT2D eigenvalue weighted by atomic mass is 35.5. The summed E-state index contributed by atoms with van der Waals surface area (Å²) in [5.74, 6) is -0.831. The molecule has 0 saturated heterocycles. The first-order valence-corrected chi connectivity index (χ1v) is 13.2. The van der Waals surface area contributed by atoms with Gasteiger partial charge in [-0.1, -0.05) is 68.3 Å². The molecule has 0 spiro atoms. The molecule has 2 aromatic carbocycles. The zero-order valence-corrected chi connectivity index (χ0v) is 20.8. The Labute approximate surface area is 208 Å². The number of aliphatic carboxylic acids is 1. The van der Waals surface area contributed by atoms with Gasteiger partial charge in [-0.2, -0.15) is 0 Å². The highest BCUT2D eigenvalue weighted by Crippen LogP contribution is 2.54. The van der Waals surface area contributed by atoms with Crippen LogP contribution in [0.25, 0.3) is 0 Å². The number of carboxylic acids is 1. The summed E-state index contributed by atoms with van der Waals surface area (Å²) in [7, 11) is 0. The van der Waals surface area contributed by atoms with Crippen molar-refractivity contribution in [2.24, 2.45) is 11.3 Å². The van der Waals surface area contributed by atoms with Crippen molar-refractivity contribution in [3.8, 4) is 0 Å². The van der Waals surface area contributed by atoms with Crippen molar-refractivity contribution < 1.29 is 20.1 Å². The summed E-state index contributed by atoms with van der Waals surface area (Å²) in [6, 6.07) is 16.2. The molecule has 2 aliphatic rings. The van der Waals surface area contributed by atoms with Crippen LogP contribution in [-0.4, -0.2) is 32.8 Å². The van der Waals surface area contributed by atoms with Crippen LogP contribution >= 0.6 is 11.6 Å². The molecule has 0 radical (unpaired) electrons. The van der Waals surface area contributed by atoms with Crippen LogP contribution in [0.5, 0.6) is 0 Å². The largest absolute Gasteiger partial charge is 0.481 e. The van der Waals surface area contributed by atoms with Gasteiger partial charge in [-0.05, 0) is 66.7 Å². The van der Waals surface area contributed by atoms with Crippen LogP contribution in [0.2, 0.25) is 0 Å². The van der Waals surface area contributed by atoms with E-state index in [0.29, 0.717) is 12.8 Å². The van der Waals surface area contributed by atoms with Gasteiger partial charge in [-0.15, -0.1) is 11.6 Å². The first kappa shape index (κ1) is 25.2. The molecule has 3 N–H and O–H groups in total. The molecule has 0 bridgehead atoms. The molecular weight excluding hydrogens is 448 g/mol. The fourth-order valence-corrected chi connectivity index (χ4v) is 6.73. The molecule has 0 heterocycles. The van der Waals surface area contributed by atoms with Crippen LogP contribution in [-0.2, 0) is 17.6 Å². The van der Waals surface area contributed by atoms with Crippen molar-refractivity contribution in [3.63, 3.8) is 0 Å². The summed E-state index contributed by atoms with van der Waals surface area (Å²) in [4.78, 5) is 10.9. The lowest BCUT2D eigenvalue weighted by Crippen LogP contribution is -2.36. The standard InChI is InChI=1S/C29H37ClO4/c1-2-12-29(13-5-14-29)28(34)22-9-4-8-21(17-22)27-23(24(30)18-25(27)31)16-20-7-3-6-19(15-20)10-11-26(32)33/h3-4,6-9,15,17,23-25,27-28,31,34H,2,5,10-14,16,18H2,1H3,(H,32,33)/t23?,24-,25-,27-,28?/m1/s1. The van der Waals surface area contributed by atoms with Crippen molar-refractivity contribution in [3.05, 3.63) is 70.8 Å². The van der Waals surface area contributed by atoms with Gasteiger partial charge in [0.15, 0.2) is 0 Å². The summed E-state index contributed by atoms with van der Waals surface area (Å²) >= 11 is 6.77. The quantitative estimate of drug-likeness (QED) is 0.360. The zero-order chi connectivity index (χ0) is 24.3. The number of alkyl halides is 1. The lowest BCUT2D eigenvalue weighted by molar-refractivity contribution is -0.136. The molecule has 4 nitrogen and oxygen atoms in total. The van der Waals surface area contributed by atoms with Crippen molar-refractivity contribution in [2.75, 3.05) is 0 Å². The predicted molar refractivity (Wildman–Crippen MR) is 135 cm³/mol. The van der Waals surface area contributed by atoms with Gasteiger partial charge in [0.25, 0.3) is 0 Å². The number of carbonyl (C=O) groups is 1. The molecule has 34 heavy (non-hydrogen) atoms. The second-order valence-corrected chi connectivity index (χ2v) is 11.0. The Balaban J connectivity index is 1.55. The Kier molecular flexibility index (Phi) is 8.01. The van der Waals surface area contributed by atoms with Crippen molar-refractivity contribution in [1.29, 1.82) is 0 Å². The lowest BCUT2D eigenvalue weighted by Gasteiger charge is -2.46. The Bertz CT molecular complexity index is 986. The molecular formula is C29H37ClO4. The zero-order valence-electron chi connectivity index (χ0n) is 20.0. The van der Waals surface area contributed by atoms with E-state index in [2.05, 4.69) is 31.2 Å². The Morgan fingerprint density at radius 3 is 2.56 bits per heavy atom. The SMILES string of the molecule is CCCC1(C(O)c2cccc([C@@H]3C(Cc4cccc(CCC(=O)O)c4)[C@H](Cl)C[C@H]3O)c2)CCC1. The molecule has 2 saturated carbocycles. The van der Waals surface area contributed by atoms with Gasteiger partial charge < -0.3 is 15.3 Å². The number of halogens is 1. The average molecular weight is 485 g/mol. The van der Waals surface area contributed by atoms with Crippen LogP contribution in [0.1, 0.15) is 86.1 Å². The number of aryl methyl sites for hydroxylation is 1. The first-order valence-electron chi connectivity index (χ1n) is 12.7. The third-order valence-electron chi connectivity index (χ3n) is 8.19. The molecule has 2 aliphatic carbocycles. The number of benzene rings is 2. The highest BCUT2D eigenvalue weighted by Gasteiger charge is 2.45. The summed E-state index contributed by atoms with van der Waals surface area (Å²) in [6.07, 6.45) is 6.31. The maximum atomic E-state index is 11.3. The van der Waals surface area contributed by atoms with E-state index in [1.165, 1.54) is 6.42 Å². The van der Waals surface area contributed by atoms with E-state index in [0.717, 1.165) is 54.4 Å². The maximum absolute atomic E-state index is 11.3. The van der Waals surface area contributed by atoms with Crippen LogP contribution in [0.15, 0.2) is 48.5 Å². The summed E-state index contributed by atoms with van der Waals surface area (Å²) < 4.78 is 0. The summed E-state index contributed by atoms with van der Waals surface area (Å²) in [5, 5.41) is 31.1. The number of hydrogen-bond donors (Lipinski definition) is 3. The van der Waals surface area contributed by atoms with E-state index in [9.17, 15) is 15.0 Å². The van der Waals surface area contributed by atoms with Gasteiger partial charge >= 0.3 is 5.97 Å². The summed E-state index contributed by atoms with van der Waals surface area (Å²) in [5.41, 5.74) is 4.11. The van der Waals surface area contributed by atoms with Crippen molar-refractivity contribution in [1.82, 2.24) is 0 Å². The second kappa shape index (κ2) is 10.8. The van der Waals surface area contributed by atoms with Crippen LogP contribution in [0.3, 0.4) is 0 Å². The van der Waals surface area contributed by atoms with Gasteiger partial charge in [0, 0.05) is 23.1 Å². The van der Waals surface area contributed by atoms with E-state index in [1.807, 2.05) is 24.3 Å². The van der Waals surface area contributed by atoms with E-state index in [-0.39, 0.29) is 29.0 Å². The van der Waals surface area contributed by atoms with Gasteiger partial charge in [0.05, 0.1) is 12.2 Å². The Morgan fingerprint density at radius 1 is 1.15 bits per heavy atom. The second-order valence-electron chi connectivity index (χ2n) is 10.5. The van der Waals surface area contributed by atoms with Crippen molar-refractivity contribution >= 4 is 17.6 Å². The average Bonchev–Trinajstić information content (AvgIpc) is 3.07. The Hall–Kier alpha value is -1.88. The van der Waals surface area contributed by atoms with Gasteiger partial charge in [0.1, 0.15) is 0 Å². The van der Waals surface area contributed by atoms with E-state index >= 15 is 0 Å². The molecule has 2 aromatic rings. The fraction of sp³-hybridized carbons (Fsp3) is 0.552. The molecule has 5 atom stereocenters. The number of carboxylic acid groups (broad SMARTS) is 1. The smallest absolute Gasteiger partial charge is 0.303 e. The summed E-state index contributed by atoms with van der Waals surface area (Å²) in [6.45, 7) is 2.18. The molecule has 5 heteroatoms. The van der Waals surface area contributed by atoms with E-state index in [4.69, 9.17) is 16.7 Å². The number of hydrogen-bond acceptors (Lipinski definition) is 3. The maximum Gasteiger partial charge on any atom is 0.303 e. The van der Waals surface area contributed by atoms with E-state index in [1.54, 1.807) is 0 Å². The third kappa shape index (κ3) is 5.35. The number of aliphatic hydroxyl groups is 2. The first-order chi connectivity index (χ1) is 16.3. The van der Waals surface area contributed by atoms with Crippen LogP contribution in [0.4, 0.5) is 0 Å². The minimum absolute atomic E-state index is 0.00746. The topological polar surface area (TPSA) is 77.8 Å². The minimum Gasteiger partial charge on any atom is -0.481 e. The Morgan fingerprint density at radius 2 is 1.88 bits per heavy atom. The van der Waals surface area contributed by atoms with Gasteiger partial charge in [0.2, 0.25) is 0 Å². The molecule has 0 amide bonds. The monoisotopic (exact) mass is 484 g/mol. The molecule has 4 rings (SSSR count). The fourth-order valence-electron chi connectivity index (χ4n) is 6.30. The molecule has 2 fully saturated rings. The van der Waals surface area contributed by atoms with Crippen LogP contribution < -0.4 is 0 Å². The molecule has 2 unspecified atom stereocenters. The molecule has 0 aliphatic heterocycles. The molecule has 184 valence electrons. The highest BCUT2D eigenvalue weighted by molar-refractivity contribution is 6.21. The third-order valence-corrected chi connectivity index (χ3v) is 8.69. The number of rotatable bonds is 10. The molecule has 0 aromatic heterocycles. The normalized spacial score (nSPS) is 26.7. The predicted octanol–water partition coefficient (Wildman–Crippen LogP) is 6.02. The van der Waals surface area contributed by atoms with Gasteiger partial charge in [-0.25, -0.2) is 0 Å². The van der Waals surface area contributed by atoms with Crippen LogP contribution in [0, 0.1) is 11.3 Å². The lowest BCUT2D eigenvalue weighted by atomic mass is 9.61. The van der Waals surface area contributed by atoms with E-state index < -0.39 is 18.2 Å². The minimum atomic E-state index is -0.796. The van der Waals surface area contributed by atoms with Crippen molar-refractivity contribution in [2.45, 2.75) is 88.2 Å². The van der Waals surface area contributed by atoms with Gasteiger partial charge in [-0.3, -0.25) is 4.79 Å².